The first-order valence-corrected chi connectivity index (χ1v) is 5.11. The quantitative estimate of drug-likeness (QED) is 0.631. The molecule has 3 rings (SSSR count). The summed E-state index contributed by atoms with van der Waals surface area (Å²) in [7, 11) is 0. The van der Waals surface area contributed by atoms with Gasteiger partial charge in [-0.2, -0.15) is 0 Å². The van der Waals surface area contributed by atoms with Gasteiger partial charge in [0.15, 0.2) is 0 Å². The maximum atomic E-state index is 10.9. The summed E-state index contributed by atoms with van der Waals surface area (Å²) in [6.45, 7) is 0. The first-order chi connectivity index (χ1) is 6.90. The topological polar surface area (TPSA) is 26.3 Å². The van der Waals surface area contributed by atoms with Crippen LogP contribution in [0.25, 0.3) is 0 Å². The van der Waals surface area contributed by atoms with Gasteiger partial charge in [0.25, 0.3) is 0 Å². The van der Waals surface area contributed by atoms with Gasteiger partial charge in [-0.25, -0.2) is 0 Å². The van der Waals surface area contributed by atoms with Crippen molar-refractivity contribution in [3.8, 4) is 5.75 Å². The van der Waals surface area contributed by atoms with Gasteiger partial charge in [-0.1, -0.05) is 18.2 Å². The molecule has 1 fully saturated rings. The number of carbonyl (C=O) groups excluding carboxylic acids is 1. The Labute approximate surface area is 82.9 Å². The third-order valence-electron chi connectivity index (χ3n) is 3.38. The smallest absolute Gasteiger partial charge is 0.123 e. The highest BCUT2D eigenvalue weighted by Gasteiger charge is 2.44. The van der Waals surface area contributed by atoms with E-state index in [2.05, 4.69) is 6.07 Å². The Bertz CT molecular complexity index is 372. The van der Waals surface area contributed by atoms with Crippen LogP contribution in [-0.4, -0.2) is 12.4 Å². The van der Waals surface area contributed by atoms with Crippen LogP contribution in [0.5, 0.6) is 5.75 Å². The van der Waals surface area contributed by atoms with Crippen molar-refractivity contribution >= 4 is 6.29 Å². The third kappa shape index (κ3) is 0.939. The van der Waals surface area contributed by atoms with Crippen LogP contribution in [0.2, 0.25) is 0 Å². The molecule has 72 valence electrons. The van der Waals surface area contributed by atoms with Gasteiger partial charge in [0, 0.05) is 17.4 Å². The van der Waals surface area contributed by atoms with E-state index in [0.29, 0.717) is 5.92 Å². The van der Waals surface area contributed by atoms with Crippen LogP contribution in [0.3, 0.4) is 0 Å². The summed E-state index contributed by atoms with van der Waals surface area (Å²) >= 11 is 0. The van der Waals surface area contributed by atoms with E-state index in [9.17, 15) is 4.79 Å². The van der Waals surface area contributed by atoms with Gasteiger partial charge < -0.3 is 9.53 Å². The predicted molar refractivity (Wildman–Crippen MR) is 52.4 cm³/mol. The number of hydrogen-bond acceptors (Lipinski definition) is 2. The molecule has 1 aromatic rings. The Morgan fingerprint density at radius 3 is 3.00 bits per heavy atom. The lowest BCUT2D eigenvalue weighted by Gasteiger charge is -2.11. The van der Waals surface area contributed by atoms with Crippen molar-refractivity contribution in [2.75, 3.05) is 0 Å². The van der Waals surface area contributed by atoms with Gasteiger partial charge in [-0.15, -0.1) is 0 Å². The molecule has 0 aromatic heterocycles. The van der Waals surface area contributed by atoms with Gasteiger partial charge in [-0.05, 0) is 18.9 Å². The largest absolute Gasteiger partial charge is 0.489 e. The molecule has 2 aliphatic rings. The molecule has 0 spiro atoms. The Balaban J connectivity index is 2.05. The fourth-order valence-corrected chi connectivity index (χ4v) is 2.73. The molecule has 14 heavy (non-hydrogen) atoms. The number of para-hydroxylation sites is 1. The van der Waals surface area contributed by atoms with Crippen molar-refractivity contribution in [3.05, 3.63) is 29.8 Å². The Morgan fingerprint density at radius 2 is 2.14 bits per heavy atom. The fourth-order valence-electron chi connectivity index (χ4n) is 2.73. The minimum absolute atomic E-state index is 0.170. The SMILES string of the molecule is O=CC1CCC2Oc3ccccc3C12. The van der Waals surface area contributed by atoms with E-state index < -0.39 is 0 Å². The summed E-state index contributed by atoms with van der Waals surface area (Å²) in [5, 5.41) is 0. The van der Waals surface area contributed by atoms with E-state index in [1.165, 1.54) is 5.56 Å². The Morgan fingerprint density at radius 1 is 1.29 bits per heavy atom. The highest BCUT2D eigenvalue weighted by atomic mass is 16.5. The average Bonchev–Trinajstić information content (AvgIpc) is 2.75. The second kappa shape index (κ2) is 2.84. The maximum Gasteiger partial charge on any atom is 0.123 e. The van der Waals surface area contributed by atoms with Gasteiger partial charge in [0.2, 0.25) is 0 Å². The molecular weight excluding hydrogens is 176 g/mol. The summed E-state index contributed by atoms with van der Waals surface area (Å²) in [6, 6.07) is 8.08. The molecule has 2 nitrogen and oxygen atoms in total. The van der Waals surface area contributed by atoms with Crippen LogP contribution < -0.4 is 4.74 Å². The predicted octanol–water partition coefficient (Wildman–Crippen LogP) is 2.14. The van der Waals surface area contributed by atoms with Gasteiger partial charge >= 0.3 is 0 Å². The monoisotopic (exact) mass is 188 g/mol. The lowest BCUT2D eigenvalue weighted by Crippen LogP contribution is -2.16. The number of fused-ring (bicyclic) bond motifs is 3. The summed E-state index contributed by atoms with van der Waals surface area (Å²) < 4.78 is 5.80. The number of benzene rings is 1. The fraction of sp³-hybridized carbons (Fsp3) is 0.417. The summed E-state index contributed by atoms with van der Waals surface area (Å²) in [4.78, 5) is 10.9. The van der Waals surface area contributed by atoms with Crippen molar-refractivity contribution in [1.82, 2.24) is 0 Å². The van der Waals surface area contributed by atoms with Gasteiger partial charge in [0.05, 0.1) is 0 Å². The highest BCUT2D eigenvalue weighted by molar-refractivity contribution is 5.59. The zero-order chi connectivity index (χ0) is 9.54. The van der Waals surface area contributed by atoms with Crippen molar-refractivity contribution in [3.63, 3.8) is 0 Å². The van der Waals surface area contributed by atoms with Crippen LogP contribution in [0.15, 0.2) is 24.3 Å². The maximum absolute atomic E-state index is 10.9. The standard InChI is InChI=1S/C12H12O2/c13-7-8-5-6-11-12(8)9-3-1-2-4-10(9)14-11/h1-4,7-8,11-12H,5-6H2. The zero-order valence-electron chi connectivity index (χ0n) is 7.85. The van der Waals surface area contributed by atoms with E-state index in [-0.39, 0.29) is 12.0 Å². The summed E-state index contributed by atoms with van der Waals surface area (Å²) in [5.41, 5.74) is 1.23. The van der Waals surface area contributed by atoms with Crippen molar-refractivity contribution < 1.29 is 9.53 Å². The summed E-state index contributed by atoms with van der Waals surface area (Å²) in [6.07, 6.45) is 3.34. The number of rotatable bonds is 1. The van der Waals surface area contributed by atoms with Crippen LogP contribution in [0.4, 0.5) is 0 Å². The van der Waals surface area contributed by atoms with Crippen molar-refractivity contribution in [2.45, 2.75) is 24.9 Å². The Hall–Kier alpha value is -1.31. The molecule has 1 aromatic carbocycles. The average molecular weight is 188 g/mol. The van der Waals surface area contributed by atoms with Crippen LogP contribution >= 0.6 is 0 Å². The van der Waals surface area contributed by atoms with E-state index in [1.807, 2.05) is 18.2 Å². The molecule has 1 heterocycles. The van der Waals surface area contributed by atoms with Gasteiger partial charge in [0.1, 0.15) is 18.1 Å². The minimum Gasteiger partial charge on any atom is -0.489 e. The van der Waals surface area contributed by atoms with Crippen LogP contribution in [0, 0.1) is 5.92 Å². The Kier molecular flexibility index (Phi) is 1.63. The highest BCUT2D eigenvalue weighted by Crippen LogP contribution is 2.49. The van der Waals surface area contributed by atoms with E-state index in [4.69, 9.17) is 4.74 Å². The van der Waals surface area contributed by atoms with E-state index >= 15 is 0 Å². The molecule has 3 unspecified atom stereocenters. The molecule has 3 atom stereocenters. The molecule has 0 saturated heterocycles. The zero-order valence-corrected chi connectivity index (χ0v) is 7.85. The molecule has 2 heteroatoms. The molecule has 1 saturated carbocycles. The van der Waals surface area contributed by atoms with Crippen LogP contribution in [0.1, 0.15) is 24.3 Å². The molecule has 1 aliphatic heterocycles. The molecular formula is C12H12O2. The minimum atomic E-state index is 0.170. The molecule has 0 radical (unpaired) electrons. The normalized spacial score (nSPS) is 33.3. The molecule has 0 bridgehead atoms. The van der Waals surface area contributed by atoms with Crippen molar-refractivity contribution in [1.29, 1.82) is 0 Å². The first kappa shape index (κ1) is 8.04. The first-order valence-electron chi connectivity index (χ1n) is 5.11. The number of ether oxygens (including phenoxy) is 1. The molecule has 0 N–H and O–H groups in total. The second-order valence-electron chi connectivity index (χ2n) is 4.10. The van der Waals surface area contributed by atoms with Gasteiger partial charge in [-0.3, -0.25) is 0 Å². The number of carbonyl (C=O) groups is 1. The summed E-state index contributed by atoms with van der Waals surface area (Å²) in [5.74, 6) is 1.47. The number of hydrogen-bond donors (Lipinski definition) is 0. The lowest BCUT2D eigenvalue weighted by molar-refractivity contribution is -0.111. The molecule has 0 amide bonds. The number of aldehydes is 1. The second-order valence-corrected chi connectivity index (χ2v) is 4.10. The third-order valence-corrected chi connectivity index (χ3v) is 3.38. The lowest BCUT2D eigenvalue weighted by atomic mass is 9.90. The van der Waals surface area contributed by atoms with Crippen molar-refractivity contribution in [2.24, 2.45) is 5.92 Å². The van der Waals surface area contributed by atoms with E-state index in [1.54, 1.807) is 0 Å². The van der Waals surface area contributed by atoms with E-state index in [0.717, 1.165) is 24.9 Å². The molecule has 1 aliphatic carbocycles. The van der Waals surface area contributed by atoms with Crippen LogP contribution in [-0.2, 0) is 4.79 Å².